The first-order valence-corrected chi connectivity index (χ1v) is 9.00. The Hall–Kier alpha value is -2.69. The predicted octanol–water partition coefficient (Wildman–Crippen LogP) is -1.94. The number of aliphatic carboxylic acids is 1. The number of carbonyl (C=O) groups is 5. The summed E-state index contributed by atoms with van der Waals surface area (Å²) in [4.78, 5) is 58.5. The van der Waals surface area contributed by atoms with Crippen molar-refractivity contribution in [3.05, 3.63) is 0 Å². The van der Waals surface area contributed by atoms with Crippen molar-refractivity contribution in [1.29, 1.82) is 0 Å². The Bertz CT molecular complexity index is 593. The van der Waals surface area contributed by atoms with Crippen molar-refractivity contribution in [3.8, 4) is 0 Å². The summed E-state index contributed by atoms with van der Waals surface area (Å²) in [7, 11) is 0. The lowest BCUT2D eigenvalue weighted by Crippen LogP contribution is -2.55. The van der Waals surface area contributed by atoms with Gasteiger partial charge in [0, 0.05) is 6.42 Å². The first-order chi connectivity index (χ1) is 12.9. The molecule has 0 saturated carbocycles. The number of nitrogens with two attached hydrogens (primary N) is 2. The fourth-order valence-corrected chi connectivity index (χ4v) is 2.16. The number of carbonyl (C=O) groups excluding carboxylic acids is 4. The second-order valence-electron chi connectivity index (χ2n) is 7.18. The molecule has 0 aromatic carbocycles. The van der Waals surface area contributed by atoms with E-state index in [-0.39, 0.29) is 18.8 Å². The lowest BCUT2D eigenvalue weighted by Gasteiger charge is -2.23. The Balaban J connectivity index is 4.97. The molecule has 11 heteroatoms. The number of carboxylic acid groups (broad SMARTS) is 1. The van der Waals surface area contributed by atoms with E-state index in [1.807, 2.05) is 0 Å². The quantitative estimate of drug-likeness (QED) is 0.219. The number of nitrogens with one attached hydrogen (secondary N) is 3. The Morgan fingerprint density at radius 3 is 1.93 bits per heavy atom. The molecule has 3 unspecified atom stereocenters. The van der Waals surface area contributed by atoms with Crippen molar-refractivity contribution in [2.75, 3.05) is 6.54 Å². The second-order valence-corrected chi connectivity index (χ2v) is 7.18. The van der Waals surface area contributed by atoms with Gasteiger partial charge in [0.2, 0.25) is 23.6 Å². The zero-order valence-electron chi connectivity index (χ0n) is 16.7. The van der Waals surface area contributed by atoms with E-state index in [2.05, 4.69) is 16.0 Å². The van der Waals surface area contributed by atoms with Crippen molar-refractivity contribution in [1.82, 2.24) is 16.0 Å². The minimum Gasteiger partial charge on any atom is -0.480 e. The van der Waals surface area contributed by atoms with Crippen LogP contribution in [0.15, 0.2) is 0 Å². The molecule has 0 aliphatic heterocycles. The summed E-state index contributed by atoms with van der Waals surface area (Å²) in [5, 5.41) is 16.2. The molecule has 0 aliphatic carbocycles. The zero-order chi connectivity index (χ0) is 22.0. The molecular weight excluding hydrogens is 370 g/mol. The Kier molecular flexibility index (Phi) is 10.8. The monoisotopic (exact) mass is 401 g/mol. The van der Waals surface area contributed by atoms with Crippen LogP contribution in [0.3, 0.4) is 0 Å². The van der Waals surface area contributed by atoms with Crippen LogP contribution < -0.4 is 27.4 Å². The normalized spacial score (nSPS) is 14.1. The maximum atomic E-state index is 12.4. The summed E-state index contributed by atoms with van der Waals surface area (Å²) in [6.45, 7) is 6.31. The fraction of sp³-hybridized carbons (Fsp3) is 0.706. The van der Waals surface area contributed by atoms with E-state index < -0.39 is 60.2 Å². The van der Waals surface area contributed by atoms with E-state index in [9.17, 15) is 29.1 Å². The second kappa shape index (κ2) is 11.9. The molecule has 0 aromatic rings. The summed E-state index contributed by atoms with van der Waals surface area (Å²) in [5.74, 6) is -4.40. The summed E-state index contributed by atoms with van der Waals surface area (Å²) >= 11 is 0. The van der Waals surface area contributed by atoms with Gasteiger partial charge in [-0.2, -0.15) is 0 Å². The molecule has 0 aromatic heterocycles. The number of rotatable bonds is 12. The minimum absolute atomic E-state index is 0.114. The molecule has 11 nitrogen and oxygen atoms in total. The van der Waals surface area contributed by atoms with E-state index >= 15 is 0 Å². The van der Waals surface area contributed by atoms with E-state index in [1.54, 1.807) is 27.7 Å². The van der Waals surface area contributed by atoms with Crippen LogP contribution in [0.4, 0.5) is 0 Å². The summed E-state index contributed by atoms with van der Waals surface area (Å²) < 4.78 is 0. The van der Waals surface area contributed by atoms with Gasteiger partial charge in [0.25, 0.3) is 0 Å². The van der Waals surface area contributed by atoms with Crippen molar-refractivity contribution in [2.45, 2.75) is 58.7 Å². The van der Waals surface area contributed by atoms with Crippen LogP contribution in [-0.2, 0) is 24.0 Å². The van der Waals surface area contributed by atoms with Crippen LogP contribution >= 0.6 is 0 Å². The molecular formula is C17H31N5O6. The zero-order valence-corrected chi connectivity index (χ0v) is 16.7. The van der Waals surface area contributed by atoms with Crippen LogP contribution in [0.1, 0.15) is 40.5 Å². The van der Waals surface area contributed by atoms with Crippen LogP contribution in [0, 0.1) is 11.8 Å². The van der Waals surface area contributed by atoms with Gasteiger partial charge in [-0.25, -0.2) is 4.79 Å². The third-order valence-corrected chi connectivity index (χ3v) is 4.01. The summed E-state index contributed by atoms with van der Waals surface area (Å²) in [5.41, 5.74) is 10.8. The van der Waals surface area contributed by atoms with Gasteiger partial charge in [0.15, 0.2) is 0 Å². The van der Waals surface area contributed by atoms with Crippen LogP contribution in [-0.4, -0.2) is 59.4 Å². The standard InChI is InChI=1S/C17H31N5O6/c1-8(2)13(19)16(26)20-7-12(24)21-10(5-6-11(18)23)15(25)22-14(9(3)4)17(27)28/h8-10,13-14H,5-7,19H2,1-4H3,(H2,18,23)(H,20,26)(H,21,24)(H,22,25)(H,27,28). The third-order valence-electron chi connectivity index (χ3n) is 4.01. The largest absolute Gasteiger partial charge is 0.480 e. The molecule has 0 saturated heterocycles. The highest BCUT2D eigenvalue weighted by Crippen LogP contribution is 2.05. The van der Waals surface area contributed by atoms with Crippen molar-refractivity contribution >= 4 is 29.6 Å². The number of primary amides is 1. The molecule has 160 valence electrons. The van der Waals surface area contributed by atoms with E-state index in [1.165, 1.54) is 0 Å². The number of amides is 4. The highest BCUT2D eigenvalue weighted by Gasteiger charge is 2.29. The van der Waals surface area contributed by atoms with E-state index in [4.69, 9.17) is 11.5 Å². The summed E-state index contributed by atoms with van der Waals surface area (Å²) in [6, 6.07) is -3.13. The topological polar surface area (TPSA) is 194 Å². The van der Waals surface area contributed by atoms with Crippen molar-refractivity contribution in [2.24, 2.45) is 23.3 Å². The van der Waals surface area contributed by atoms with Crippen molar-refractivity contribution < 1.29 is 29.1 Å². The third kappa shape index (κ3) is 9.31. The lowest BCUT2D eigenvalue weighted by atomic mass is 10.0. The predicted molar refractivity (Wildman–Crippen MR) is 101 cm³/mol. The van der Waals surface area contributed by atoms with Crippen LogP contribution in [0.2, 0.25) is 0 Å². The molecule has 0 aliphatic rings. The van der Waals surface area contributed by atoms with Gasteiger partial charge < -0.3 is 32.5 Å². The summed E-state index contributed by atoms with van der Waals surface area (Å²) in [6.07, 6.45) is -0.306. The van der Waals surface area contributed by atoms with Crippen molar-refractivity contribution in [3.63, 3.8) is 0 Å². The molecule has 0 radical (unpaired) electrons. The first kappa shape index (κ1) is 25.3. The molecule has 0 fully saturated rings. The molecule has 0 rings (SSSR count). The maximum absolute atomic E-state index is 12.4. The highest BCUT2D eigenvalue weighted by atomic mass is 16.4. The molecule has 0 spiro atoms. The molecule has 8 N–H and O–H groups in total. The SMILES string of the molecule is CC(C)C(N)C(=O)NCC(=O)NC(CCC(N)=O)C(=O)NC(C(=O)O)C(C)C. The number of carboxylic acids is 1. The Labute approximate surface area is 164 Å². The molecule has 0 bridgehead atoms. The lowest BCUT2D eigenvalue weighted by molar-refractivity contribution is -0.143. The smallest absolute Gasteiger partial charge is 0.326 e. The molecule has 0 heterocycles. The average Bonchev–Trinajstić information content (AvgIpc) is 2.59. The number of hydrogen-bond donors (Lipinski definition) is 6. The van der Waals surface area contributed by atoms with Gasteiger partial charge in [-0.15, -0.1) is 0 Å². The van der Waals surface area contributed by atoms with Crippen LogP contribution in [0.25, 0.3) is 0 Å². The first-order valence-electron chi connectivity index (χ1n) is 9.00. The van der Waals surface area contributed by atoms with Gasteiger partial charge in [-0.3, -0.25) is 19.2 Å². The van der Waals surface area contributed by atoms with E-state index in [0.717, 1.165) is 0 Å². The highest BCUT2D eigenvalue weighted by molar-refractivity contribution is 5.92. The molecule has 28 heavy (non-hydrogen) atoms. The van der Waals surface area contributed by atoms with E-state index in [0.29, 0.717) is 0 Å². The molecule has 4 amide bonds. The Morgan fingerprint density at radius 2 is 1.50 bits per heavy atom. The Morgan fingerprint density at radius 1 is 0.929 bits per heavy atom. The minimum atomic E-state index is -1.22. The number of hydrogen-bond acceptors (Lipinski definition) is 6. The van der Waals surface area contributed by atoms with Gasteiger partial charge in [-0.1, -0.05) is 27.7 Å². The van der Waals surface area contributed by atoms with Gasteiger partial charge in [0.1, 0.15) is 12.1 Å². The molecule has 3 atom stereocenters. The maximum Gasteiger partial charge on any atom is 0.326 e. The van der Waals surface area contributed by atoms with Gasteiger partial charge in [-0.05, 0) is 18.3 Å². The average molecular weight is 401 g/mol. The van der Waals surface area contributed by atoms with Gasteiger partial charge >= 0.3 is 5.97 Å². The fourth-order valence-electron chi connectivity index (χ4n) is 2.16. The van der Waals surface area contributed by atoms with Crippen LogP contribution in [0.5, 0.6) is 0 Å². The van der Waals surface area contributed by atoms with Gasteiger partial charge in [0.05, 0.1) is 12.6 Å².